The van der Waals surface area contributed by atoms with E-state index in [1.54, 1.807) is 0 Å². The summed E-state index contributed by atoms with van der Waals surface area (Å²) in [5.41, 5.74) is 4.27. The van der Waals surface area contributed by atoms with E-state index in [1.807, 2.05) is 43.3 Å². The van der Waals surface area contributed by atoms with E-state index in [0.717, 1.165) is 5.69 Å². The highest BCUT2D eigenvalue weighted by Crippen LogP contribution is 2.17. The molecule has 1 heterocycles. The van der Waals surface area contributed by atoms with E-state index in [2.05, 4.69) is 20.7 Å². The minimum absolute atomic E-state index is 0.222. The third-order valence-electron chi connectivity index (χ3n) is 2.65. The SMILES string of the molecule is CN(C)c1cccc(NC(=O)c2cnc(NN)cn2)c1. The third-order valence-corrected chi connectivity index (χ3v) is 2.65. The second kappa shape index (κ2) is 5.98. The Hall–Kier alpha value is -2.67. The van der Waals surface area contributed by atoms with Crippen LogP contribution >= 0.6 is 0 Å². The standard InChI is InChI=1S/C13H16N6O/c1-19(2)10-5-3-4-9(6-10)17-13(20)11-7-16-12(18-14)8-15-11/h3-8H,14H2,1-2H3,(H,16,18)(H,17,20). The Kier molecular flexibility index (Phi) is 4.11. The molecule has 7 heteroatoms. The average molecular weight is 272 g/mol. The van der Waals surface area contributed by atoms with Crippen LogP contribution in [-0.2, 0) is 0 Å². The highest BCUT2D eigenvalue weighted by molar-refractivity contribution is 6.02. The molecule has 0 unspecified atom stereocenters. The number of hydrogen-bond acceptors (Lipinski definition) is 6. The molecule has 0 aliphatic carbocycles. The van der Waals surface area contributed by atoms with E-state index in [4.69, 9.17) is 5.84 Å². The number of carbonyl (C=O) groups is 1. The molecule has 0 spiro atoms. The Labute approximate surface area is 116 Å². The van der Waals surface area contributed by atoms with E-state index >= 15 is 0 Å². The summed E-state index contributed by atoms with van der Waals surface area (Å²) >= 11 is 0. The van der Waals surface area contributed by atoms with Gasteiger partial charge in [-0.05, 0) is 18.2 Å². The molecule has 4 N–H and O–H groups in total. The van der Waals surface area contributed by atoms with Crippen LogP contribution in [0.2, 0.25) is 0 Å². The number of amides is 1. The van der Waals surface area contributed by atoms with Crippen LogP contribution < -0.4 is 21.5 Å². The molecular formula is C13H16N6O. The first kappa shape index (κ1) is 13.8. The van der Waals surface area contributed by atoms with Crippen molar-refractivity contribution < 1.29 is 4.79 Å². The molecule has 1 aromatic carbocycles. The number of nitrogens with two attached hydrogens (primary N) is 1. The first-order valence-electron chi connectivity index (χ1n) is 5.97. The van der Waals surface area contributed by atoms with Crippen molar-refractivity contribution in [2.75, 3.05) is 29.7 Å². The number of nitrogens with one attached hydrogen (secondary N) is 2. The molecule has 0 atom stereocenters. The van der Waals surface area contributed by atoms with Gasteiger partial charge in [0.2, 0.25) is 0 Å². The summed E-state index contributed by atoms with van der Waals surface area (Å²) in [7, 11) is 3.87. The Morgan fingerprint density at radius 1 is 1.25 bits per heavy atom. The number of rotatable bonds is 4. The van der Waals surface area contributed by atoms with E-state index < -0.39 is 0 Å². The molecule has 0 aliphatic rings. The fourth-order valence-electron chi connectivity index (χ4n) is 1.58. The van der Waals surface area contributed by atoms with Crippen molar-refractivity contribution in [2.24, 2.45) is 5.84 Å². The third kappa shape index (κ3) is 3.21. The monoisotopic (exact) mass is 272 g/mol. The Morgan fingerprint density at radius 3 is 2.65 bits per heavy atom. The van der Waals surface area contributed by atoms with Crippen molar-refractivity contribution in [2.45, 2.75) is 0 Å². The zero-order valence-corrected chi connectivity index (χ0v) is 11.3. The second-order valence-corrected chi connectivity index (χ2v) is 4.33. The Bertz CT molecular complexity index is 596. The second-order valence-electron chi connectivity index (χ2n) is 4.33. The van der Waals surface area contributed by atoms with Crippen LogP contribution in [0.3, 0.4) is 0 Å². The molecule has 0 fully saturated rings. The van der Waals surface area contributed by atoms with Gasteiger partial charge in [0.25, 0.3) is 5.91 Å². The lowest BCUT2D eigenvalue weighted by Crippen LogP contribution is -2.16. The molecule has 0 radical (unpaired) electrons. The molecule has 0 aliphatic heterocycles. The van der Waals surface area contributed by atoms with Crippen molar-refractivity contribution >= 4 is 23.1 Å². The maximum absolute atomic E-state index is 12.0. The fourth-order valence-corrected chi connectivity index (χ4v) is 1.58. The topological polar surface area (TPSA) is 96.2 Å². The van der Waals surface area contributed by atoms with E-state index in [1.165, 1.54) is 12.4 Å². The molecular weight excluding hydrogens is 256 g/mol. The summed E-state index contributed by atoms with van der Waals surface area (Å²) in [6.07, 6.45) is 2.76. The maximum atomic E-state index is 12.0. The van der Waals surface area contributed by atoms with Crippen LogP contribution in [0.1, 0.15) is 10.5 Å². The van der Waals surface area contributed by atoms with Crippen molar-refractivity contribution in [3.63, 3.8) is 0 Å². The fraction of sp³-hybridized carbons (Fsp3) is 0.154. The zero-order chi connectivity index (χ0) is 14.5. The van der Waals surface area contributed by atoms with E-state index in [0.29, 0.717) is 11.5 Å². The van der Waals surface area contributed by atoms with Gasteiger partial charge in [0.15, 0.2) is 5.82 Å². The van der Waals surface area contributed by atoms with Crippen molar-refractivity contribution in [3.05, 3.63) is 42.4 Å². The molecule has 104 valence electrons. The van der Waals surface area contributed by atoms with Gasteiger partial charge >= 0.3 is 0 Å². The average Bonchev–Trinajstić information content (AvgIpc) is 2.47. The van der Waals surface area contributed by atoms with Crippen molar-refractivity contribution in [3.8, 4) is 0 Å². The molecule has 20 heavy (non-hydrogen) atoms. The van der Waals surface area contributed by atoms with Gasteiger partial charge < -0.3 is 15.6 Å². The van der Waals surface area contributed by atoms with Crippen LogP contribution in [0.4, 0.5) is 17.2 Å². The smallest absolute Gasteiger partial charge is 0.275 e. The molecule has 2 aromatic rings. The highest BCUT2D eigenvalue weighted by atomic mass is 16.1. The largest absolute Gasteiger partial charge is 0.378 e. The normalized spacial score (nSPS) is 9.95. The Balaban J connectivity index is 2.12. The number of benzene rings is 1. The van der Waals surface area contributed by atoms with Gasteiger partial charge in [-0.3, -0.25) is 4.79 Å². The molecule has 1 aromatic heterocycles. The first-order chi connectivity index (χ1) is 9.60. The van der Waals surface area contributed by atoms with Gasteiger partial charge in [0.05, 0.1) is 12.4 Å². The quantitative estimate of drug-likeness (QED) is 0.569. The molecule has 0 saturated heterocycles. The first-order valence-corrected chi connectivity index (χ1v) is 5.97. The van der Waals surface area contributed by atoms with Crippen LogP contribution in [0.25, 0.3) is 0 Å². The Morgan fingerprint density at radius 2 is 2.05 bits per heavy atom. The van der Waals surface area contributed by atoms with Crippen LogP contribution in [0.5, 0.6) is 0 Å². The number of nitrogen functional groups attached to an aromatic ring is 1. The number of hydrogen-bond donors (Lipinski definition) is 3. The lowest BCUT2D eigenvalue weighted by atomic mass is 10.2. The number of aromatic nitrogens is 2. The van der Waals surface area contributed by atoms with Crippen LogP contribution in [0.15, 0.2) is 36.7 Å². The maximum Gasteiger partial charge on any atom is 0.275 e. The van der Waals surface area contributed by atoms with Gasteiger partial charge in [-0.25, -0.2) is 15.8 Å². The van der Waals surface area contributed by atoms with Crippen LogP contribution in [-0.4, -0.2) is 30.0 Å². The minimum atomic E-state index is -0.322. The van der Waals surface area contributed by atoms with Gasteiger partial charge in [-0.2, -0.15) is 0 Å². The number of anilines is 3. The summed E-state index contributed by atoms with van der Waals surface area (Å²) < 4.78 is 0. The molecule has 0 bridgehead atoms. The number of nitrogens with zero attached hydrogens (tertiary/aromatic N) is 3. The van der Waals surface area contributed by atoms with Crippen molar-refractivity contribution in [1.82, 2.24) is 9.97 Å². The van der Waals surface area contributed by atoms with Gasteiger partial charge in [-0.1, -0.05) is 6.07 Å². The van der Waals surface area contributed by atoms with Gasteiger partial charge in [0.1, 0.15) is 5.69 Å². The molecule has 0 saturated carbocycles. The van der Waals surface area contributed by atoms with E-state index in [9.17, 15) is 4.79 Å². The number of carbonyl (C=O) groups excluding carboxylic acids is 1. The zero-order valence-electron chi connectivity index (χ0n) is 11.3. The number of hydrazine groups is 1. The lowest BCUT2D eigenvalue weighted by Gasteiger charge is -2.13. The summed E-state index contributed by atoms with van der Waals surface area (Å²) in [4.78, 5) is 21.9. The summed E-state index contributed by atoms with van der Waals surface area (Å²) in [5, 5.41) is 2.77. The van der Waals surface area contributed by atoms with Crippen LogP contribution in [0, 0.1) is 0 Å². The highest BCUT2D eigenvalue weighted by Gasteiger charge is 2.09. The summed E-state index contributed by atoms with van der Waals surface area (Å²) in [5.74, 6) is 5.26. The van der Waals surface area contributed by atoms with Crippen molar-refractivity contribution in [1.29, 1.82) is 0 Å². The minimum Gasteiger partial charge on any atom is -0.378 e. The lowest BCUT2D eigenvalue weighted by molar-refractivity contribution is 0.102. The van der Waals surface area contributed by atoms with Gasteiger partial charge in [-0.15, -0.1) is 0 Å². The predicted octanol–water partition coefficient (Wildman–Crippen LogP) is 1.08. The molecule has 1 amide bonds. The molecule has 2 rings (SSSR count). The summed E-state index contributed by atoms with van der Waals surface area (Å²) in [6, 6.07) is 7.52. The van der Waals surface area contributed by atoms with E-state index in [-0.39, 0.29) is 11.6 Å². The summed E-state index contributed by atoms with van der Waals surface area (Å²) in [6.45, 7) is 0. The van der Waals surface area contributed by atoms with Gasteiger partial charge in [0, 0.05) is 25.5 Å². The predicted molar refractivity (Wildman–Crippen MR) is 78.6 cm³/mol. The molecule has 7 nitrogen and oxygen atoms in total.